The average molecular weight is 266 g/mol. The van der Waals surface area contributed by atoms with Gasteiger partial charge in [-0.1, -0.05) is 6.58 Å². The Kier molecular flexibility index (Phi) is 9.99. The lowest BCUT2D eigenvalue weighted by molar-refractivity contribution is -0.131. The fourth-order valence-corrected chi connectivity index (χ4v) is 0.755. The van der Waals surface area contributed by atoms with Gasteiger partial charge in [-0.15, -0.1) is 13.2 Å². The second-order valence-corrected chi connectivity index (χ2v) is 2.73. The summed E-state index contributed by atoms with van der Waals surface area (Å²) in [5.74, 6) is -3.11. The lowest BCUT2D eigenvalue weighted by Crippen LogP contribution is -1.99. The van der Waals surface area contributed by atoms with Gasteiger partial charge >= 0.3 is 17.9 Å². The van der Waals surface area contributed by atoms with Crippen molar-refractivity contribution in [2.75, 3.05) is 0 Å². The summed E-state index contributed by atoms with van der Waals surface area (Å²) >= 11 is 0. The smallest absolute Gasteiger partial charge is 0.335 e. The SMILES string of the molecule is C=C.C=CC(=O)O.O=C(O)c1ccc(C(=O)O)cc1. The van der Waals surface area contributed by atoms with Crippen LogP contribution >= 0.6 is 0 Å². The van der Waals surface area contributed by atoms with Gasteiger partial charge in [0.15, 0.2) is 0 Å². The molecule has 19 heavy (non-hydrogen) atoms. The minimum absolute atomic E-state index is 0.0833. The van der Waals surface area contributed by atoms with Crippen LogP contribution in [0.2, 0.25) is 0 Å². The van der Waals surface area contributed by atoms with Gasteiger partial charge in [0, 0.05) is 6.08 Å². The van der Waals surface area contributed by atoms with Crippen LogP contribution in [0.25, 0.3) is 0 Å². The van der Waals surface area contributed by atoms with Crippen molar-refractivity contribution in [3.63, 3.8) is 0 Å². The van der Waals surface area contributed by atoms with Crippen molar-refractivity contribution >= 4 is 17.9 Å². The number of aromatic carboxylic acids is 2. The van der Waals surface area contributed by atoms with Gasteiger partial charge in [-0.25, -0.2) is 14.4 Å². The maximum absolute atomic E-state index is 10.3. The van der Waals surface area contributed by atoms with E-state index in [-0.39, 0.29) is 11.1 Å². The monoisotopic (exact) mass is 266 g/mol. The van der Waals surface area contributed by atoms with E-state index < -0.39 is 17.9 Å². The topological polar surface area (TPSA) is 112 Å². The van der Waals surface area contributed by atoms with Gasteiger partial charge in [0.05, 0.1) is 11.1 Å². The number of hydrogen-bond donors (Lipinski definition) is 3. The summed E-state index contributed by atoms with van der Waals surface area (Å²) in [6, 6.07) is 5.02. The highest BCUT2D eigenvalue weighted by atomic mass is 16.4. The standard InChI is InChI=1S/C8H6O4.C3H4O2.C2H4/c9-7(10)5-1-2-6(4-3-5)8(11)12;1-2-3(4)5;1-2/h1-4H,(H,9,10)(H,11,12);2H,1H2,(H,4,5);1-2H2. The van der Waals surface area contributed by atoms with Crippen molar-refractivity contribution in [3.8, 4) is 0 Å². The Morgan fingerprint density at radius 2 is 1.05 bits per heavy atom. The summed E-state index contributed by atoms with van der Waals surface area (Å²) in [7, 11) is 0. The fraction of sp³-hybridized carbons (Fsp3) is 0. The first kappa shape index (κ1) is 18.5. The second kappa shape index (κ2) is 10.3. The van der Waals surface area contributed by atoms with Crippen LogP contribution in [0, 0.1) is 0 Å². The zero-order valence-corrected chi connectivity index (χ0v) is 10.1. The molecule has 6 heteroatoms. The van der Waals surface area contributed by atoms with Gasteiger partial charge in [-0.2, -0.15) is 0 Å². The molecule has 0 unspecified atom stereocenters. The molecule has 0 atom stereocenters. The normalized spacial score (nSPS) is 7.79. The summed E-state index contributed by atoms with van der Waals surface area (Å²) in [4.78, 5) is 29.9. The molecule has 1 aromatic rings. The predicted octanol–water partition coefficient (Wildman–Crippen LogP) is 2.14. The van der Waals surface area contributed by atoms with Crippen LogP contribution in [0.3, 0.4) is 0 Å². The molecule has 0 spiro atoms. The van der Waals surface area contributed by atoms with Gasteiger partial charge in [-0.05, 0) is 24.3 Å². The molecule has 0 aliphatic heterocycles. The molecule has 1 aromatic carbocycles. The molecule has 0 amide bonds. The van der Waals surface area contributed by atoms with E-state index in [0.29, 0.717) is 0 Å². The largest absolute Gasteiger partial charge is 0.478 e. The zero-order chi connectivity index (χ0) is 15.4. The molecule has 0 saturated carbocycles. The summed E-state index contributed by atoms with van der Waals surface area (Å²) in [5.41, 5.74) is 0.167. The number of carboxylic acid groups (broad SMARTS) is 3. The highest BCUT2D eigenvalue weighted by molar-refractivity contribution is 5.91. The summed E-state index contributed by atoms with van der Waals surface area (Å²) in [5, 5.41) is 24.5. The number of hydrogen-bond acceptors (Lipinski definition) is 3. The number of aliphatic carboxylic acids is 1. The first-order chi connectivity index (χ1) is 8.88. The third-order valence-electron chi connectivity index (χ3n) is 1.55. The first-order valence-electron chi connectivity index (χ1n) is 4.80. The molecule has 0 fully saturated rings. The van der Waals surface area contributed by atoms with Gasteiger partial charge in [0.1, 0.15) is 0 Å². The Hall–Kier alpha value is -2.89. The van der Waals surface area contributed by atoms with Crippen LogP contribution < -0.4 is 0 Å². The van der Waals surface area contributed by atoms with Crippen LogP contribution in [0.15, 0.2) is 50.1 Å². The third kappa shape index (κ3) is 8.87. The molecular weight excluding hydrogens is 252 g/mol. The first-order valence-corrected chi connectivity index (χ1v) is 4.80. The van der Waals surface area contributed by atoms with Crippen molar-refractivity contribution in [1.82, 2.24) is 0 Å². The summed E-state index contributed by atoms with van der Waals surface area (Å²) < 4.78 is 0. The number of rotatable bonds is 3. The van der Waals surface area contributed by atoms with E-state index in [1.165, 1.54) is 24.3 Å². The number of carboxylic acids is 3. The molecule has 102 valence electrons. The van der Waals surface area contributed by atoms with E-state index in [0.717, 1.165) is 6.08 Å². The number of benzene rings is 1. The van der Waals surface area contributed by atoms with Gasteiger partial charge in [0.25, 0.3) is 0 Å². The molecule has 6 nitrogen and oxygen atoms in total. The van der Waals surface area contributed by atoms with Crippen molar-refractivity contribution in [2.24, 2.45) is 0 Å². The molecule has 0 aliphatic carbocycles. The Morgan fingerprint density at radius 3 is 1.16 bits per heavy atom. The molecule has 3 N–H and O–H groups in total. The van der Waals surface area contributed by atoms with Crippen LogP contribution in [0.1, 0.15) is 20.7 Å². The fourth-order valence-electron chi connectivity index (χ4n) is 0.755. The van der Waals surface area contributed by atoms with Crippen LogP contribution in [-0.4, -0.2) is 33.2 Å². The molecule has 1 rings (SSSR count). The molecular formula is C13H14O6. The molecule has 0 bridgehead atoms. The van der Waals surface area contributed by atoms with E-state index in [1.807, 2.05) is 0 Å². The summed E-state index contributed by atoms with van der Waals surface area (Å²) in [6.07, 6.45) is 0.833. The lowest BCUT2D eigenvalue weighted by Gasteiger charge is -1.94. The Balaban J connectivity index is 0. The predicted molar refractivity (Wildman–Crippen MR) is 69.4 cm³/mol. The maximum atomic E-state index is 10.3. The highest BCUT2D eigenvalue weighted by Gasteiger charge is 2.04. The minimum atomic E-state index is -1.06. The Morgan fingerprint density at radius 1 is 0.842 bits per heavy atom. The van der Waals surface area contributed by atoms with Crippen LogP contribution in [0.4, 0.5) is 0 Å². The van der Waals surface area contributed by atoms with E-state index in [1.54, 1.807) is 0 Å². The van der Waals surface area contributed by atoms with E-state index in [2.05, 4.69) is 19.7 Å². The lowest BCUT2D eigenvalue weighted by atomic mass is 10.1. The van der Waals surface area contributed by atoms with Crippen LogP contribution in [-0.2, 0) is 4.79 Å². The van der Waals surface area contributed by atoms with Crippen LogP contribution in [0.5, 0.6) is 0 Å². The van der Waals surface area contributed by atoms with E-state index in [9.17, 15) is 14.4 Å². The Labute approximate surface area is 109 Å². The van der Waals surface area contributed by atoms with Gasteiger partial charge in [-0.3, -0.25) is 0 Å². The summed E-state index contributed by atoms with van der Waals surface area (Å²) in [6.45, 7) is 8.96. The number of carbonyl (C=O) groups is 3. The van der Waals surface area contributed by atoms with E-state index >= 15 is 0 Å². The molecule has 0 radical (unpaired) electrons. The third-order valence-corrected chi connectivity index (χ3v) is 1.55. The zero-order valence-electron chi connectivity index (χ0n) is 10.1. The van der Waals surface area contributed by atoms with Crippen molar-refractivity contribution in [1.29, 1.82) is 0 Å². The second-order valence-electron chi connectivity index (χ2n) is 2.73. The van der Waals surface area contributed by atoms with Crippen molar-refractivity contribution in [3.05, 3.63) is 61.2 Å². The van der Waals surface area contributed by atoms with Gasteiger partial charge in [0.2, 0.25) is 0 Å². The average Bonchev–Trinajstić information content (AvgIpc) is 2.41. The minimum Gasteiger partial charge on any atom is -0.478 e. The van der Waals surface area contributed by atoms with Crippen molar-refractivity contribution < 1.29 is 29.7 Å². The molecule has 0 heterocycles. The Bertz CT molecular complexity index is 414. The quantitative estimate of drug-likeness (QED) is 0.570. The van der Waals surface area contributed by atoms with Gasteiger partial charge < -0.3 is 15.3 Å². The van der Waals surface area contributed by atoms with Crippen molar-refractivity contribution in [2.45, 2.75) is 0 Å². The molecule has 0 saturated heterocycles. The molecule has 0 aromatic heterocycles. The maximum Gasteiger partial charge on any atom is 0.335 e. The highest BCUT2D eigenvalue weighted by Crippen LogP contribution is 2.03. The molecule has 0 aliphatic rings. The van der Waals surface area contributed by atoms with E-state index in [4.69, 9.17) is 15.3 Å².